The molecule has 5 fully saturated rings. The lowest BCUT2D eigenvalue weighted by atomic mass is 9.44. The van der Waals surface area contributed by atoms with E-state index in [4.69, 9.17) is 18.9 Å². The molecule has 9 heteroatoms. The fourth-order valence-corrected chi connectivity index (χ4v) is 10.7. The van der Waals surface area contributed by atoms with Gasteiger partial charge in [0.25, 0.3) is 0 Å². The van der Waals surface area contributed by atoms with Gasteiger partial charge in [-0.05, 0) is 74.3 Å². The lowest BCUT2D eigenvalue weighted by molar-refractivity contribution is -0.159. The van der Waals surface area contributed by atoms with Gasteiger partial charge in [0.1, 0.15) is 35.6 Å². The highest BCUT2D eigenvalue weighted by Gasteiger charge is 3.04. The number of ether oxygens (including phenoxy) is 4. The molecule has 1 aromatic carbocycles. The summed E-state index contributed by atoms with van der Waals surface area (Å²) < 4.78 is 25.7. The molecule has 3 aliphatic carbocycles. The normalized spacial score (nSPS) is 48.8. The van der Waals surface area contributed by atoms with Gasteiger partial charge >= 0.3 is 5.97 Å². The molecule has 0 aromatic heterocycles. The molecule has 9 atom stereocenters. The number of aliphatic hydroxyl groups is 1. The van der Waals surface area contributed by atoms with E-state index in [-0.39, 0.29) is 54.0 Å². The van der Waals surface area contributed by atoms with Crippen LogP contribution >= 0.6 is 0 Å². The lowest BCUT2D eigenvalue weighted by Gasteiger charge is -2.56. The van der Waals surface area contributed by atoms with Crippen LogP contribution in [0.5, 0.6) is 0 Å². The molecule has 9 nitrogen and oxygen atoms in total. The van der Waals surface area contributed by atoms with Gasteiger partial charge in [-0.3, -0.25) is 4.79 Å². The second-order valence-electron chi connectivity index (χ2n) is 14.8. The summed E-state index contributed by atoms with van der Waals surface area (Å²) in [5, 5.41) is 16.7. The molecule has 2 saturated carbocycles. The number of nitrogens with one attached hydrogen (secondary N) is 1. The van der Waals surface area contributed by atoms with Crippen molar-refractivity contribution < 1.29 is 33.6 Å². The summed E-state index contributed by atoms with van der Waals surface area (Å²) in [5.74, 6) is 0.0402. The van der Waals surface area contributed by atoms with Crippen LogP contribution < -0.4 is 10.2 Å². The summed E-state index contributed by atoms with van der Waals surface area (Å²) in [7, 11) is 1.81. The standard InChI is InChI=1S/C32H38N2O7/c1-15(2)30-23(40-30)24-32(41-24)28(5)10-9-17-18(13-38-25(17)35)19(28)12-22-31(32,39-22)29(30,37)14-33-16-7-8-21-20(11-16)27(3,4)26(36)34(21)6/h7-8,11,15,19,22-24,33,37H,9-10,12-14H2,1-6H3/t19-,22-,23-,24-,28-,29-,30-,31+,32+/m0/s1. The third-order valence-corrected chi connectivity index (χ3v) is 12.8. The van der Waals surface area contributed by atoms with Crippen molar-refractivity contribution in [2.24, 2.45) is 17.3 Å². The zero-order valence-electron chi connectivity index (χ0n) is 24.5. The number of carbonyl (C=O) groups excluding carboxylic acids is 2. The molecule has 0 radical (unpaired) electrons. The highest BCUT2D eigenvalue weighted by molar-refractivity contribution is 6.07. The molecule has 41 heavy (non-hydrogen) atoms. The zero-order valence-corrected chi connectivity index (χ0v) is 24.5. The minimum atomic E-state index is -1.36. The van der Waals surface area contributed by atoms with Gasteiger partial charge in [0.2, 0.25) is 5.91 Å². The van der Waals surface area contributed by atoms with Gasteiger partial charge in [-0.2, -0.15) is 0 Å². The van der Waals surface area contributed by atoms with E-state index in [9.17, 15) is 14.7 Å². The van der Waals surface area contributed by atoms with Crippen molar-refractivity contribution in [3.8, 4) is 0 Å². The predicted molar refractivity (Wildman–Crippen MR) is 147 cm³/mol. The van der Waals surface area contributed by atoms with Gasteiger partial charge in [0, 0.05) is 36.0 Å². The Labute approximate surface area is 239 Å². The van der Waals surface area contributed by atoms with Gasteiger partial charge in [0.15, 0.2) is 5.60 Å². The highest BCUT2D eigenvalue weighted by atomic mass is 16.7. The van der Waals surface area contributed by atoms with Crippen LogP contribution in [0.2, 0.25) is 0 Å². The van der Waals surface area contributed by atoms with Crippen LogP contribution in [0.3, 0.4) is 0 Å². The number of likely N-dealkylation sites (N-methyl/N-ethyl adjacent to an activating group) is 1. The fourth-order valence-electron chi connectivity index (χ4n) is 10.7. The Hall–Kier alpha value is -2.46. The average Bonchev–Trinajstić information content (AvgIpc) is 3.84. The van der Waals surface area contributed by atoms with Crippen molar-refractivity contribution in [3.05, 3.63) is 34.9 Å². The molecular formula is C32H38N2O7. The van der Waals surface area contributed by atoms with Crippen LogP contribution in [0.4, 0.5) is 11.4 Å². The van der Waals surface area contributed by atoms with E-state index in [1.54, 1.807) is 4.90 Å². The van der Waals surface area contributed by atoms with E-state index in [0.29, 0.717) is 13.0 Å². The van der Waals surface area contributed by atoms with Crippen molar-refractivity contribution in [2.45, 2.75) is 100 Å². The van der Waals surface area contributed by atoms with E-state index >= 15 is 0 Å². The largest absolute Gasteiger partial charge is 0.458 e. The van der Waals surface area contributed by atoms with E-state index in [1.807, 2.05) is 39.1 Å². The predicted octanol–water partition coefficient (Wildman–Crippen LogP) is 2.84. The maximum absolute atomic E-state index is 13.1. The minimum Gasteiger partial charge on any atom is -0.458 e. The Morgan fingerprint density at radius 1 is 1.10 bits per heavy atom. The number of carbonyl (C=O) groups is 2. The molecule has 1 aromatic rings. The quantitative estimate of drug-likeness (QED) is 0.425. The molecule has 1 amide bonds. The van der Waals surface area contributed by atoms with Crippen LogP contribution in [0.1, 0.15) is 59.4 Å². The third kappa shape index (κ3) is 2.33. The van der Waals surface area contributed by atoms with Crippen LogP contribution in [0.15, 0.2) is 29.3 Å². The van der Waals surface area contributed by atoms with Gasteiger partial charge in [-0.15, -0.1) is 0 Å². The maximum atomic E-state index is 13.1. The Morgan fingerprint density at radius 2 is 1.88 bits per heavy atom. The number of hydrogen-bond acceptors (Lipinski definition) is 8. The van der Waals surface area contributed by atoms with E-state index in [1.165, 1.54) is 0 Å². The Balaban J connectivity index is 1.12. The van der Waals surface area contributed by atoms with E-state index in [2.05, 4.69) is 26.1 Å². The summed E-state index contributed by atoms with van der Waals surface area (Å²) in [6.07, 6.45) is 1.60. The average molecular weight is 563 g/mol. The van der Waals surface area contributed by atoms with Crippen molar-refractivity contribution >= 4 is 23.3 Å². The number of cyclic esters (lactones) is 1. The van der Waals surface area contributed by atoms with Gasteiger partial charge in [-0.1, -0.05) is 20.8 Å². The number of esters is 1. The highest BCUT2D eigenvalue weighted by Crippen LogP contribution is 2.85. The second-order valence-corrected chi connectivity index (χ2v) is 14.8. The van der Waals surface area contributed by atoms with Gasteiger partial charge in [-0.25, -0.2) is 4.79 Å². The number of benzene rings is 1. The summed E-state index contributed by atoms with van der Waals surface area (Å²) in [6.45, 7) is 11.0. The van der Waals surface area contributed by atoms with Crippen molar-refractivity contribution in [1.82, 2.24) is 0 Å². The zero-order chi connectivity index (χ0) is 28.7. The van der Waals surface area contributed by atoms with E-state index in [0.717, 1.165) is 40.9 Å². The first kappa shape index (κ1) is 25.1. The number of fused-ring (bicyclic) bond motifs is 5. The second kappa shape index (κ2) is 6.85. The van der Waals surface area contributed by atoms with Crippen molar-refractivity contribution in [2.75, 3.05) is 30.4 Å². The number of hydrogen-bond donors (Lipinski definition) is 2. The van der Waals surface area contributed by atoms with E-state index < -0.39 is 27.8 Å². The third-order valence-electron chi connectivity index (χ3n) is 12.8. The Morgan fingerprint density at radius 3 is 2.63 bits per heavy atom. The first-order valence-corrected chi connectivity index (χ1v) is 15.1. The molecule has 218 valence electrons. The number of anilines is 2. The Kier molecular flexibility index (Phi) is 4.19. The molecule has 5 aliphatic heterocycles. The van der Waals surface area contributed by atoms with Crippen molar-refractivity contribution in [3.63, 3.8) is 0 Å². The summed E-state index contributed by atoms with van der Waals surface area (Å²) in [5.41, 5.74) is -0.0145. The monoisotopic (exact) mass is 562 g/mol. The van der Waals surface area contributed by atoms with Crippen LogP contribution in [0, 0.1) is 17.3 Å². The molecule has 3 saturated heterocycles. The molecule has 2 N–H and O–H groups in total. The first-order chi connectivity index (χ1) is 19.3. The van der Waals surface area contributed by atoms with Gasteiger partial charge in [0.05, 0.1) is 11.5 Å². The Bertz CT molecular complexity index is 1520. The van der Waals surface area contributed by atoms with Crippen molar-refractivity contribution in [1.29, 1.82) is 0 Å². The molecule has 5 heterocycles. The molecular weight excluding hydrogens is 524 g/mol. The molecule has 0 unspecified atom stereocenters. The number of amides is 1. The number of nitrogens with zero attached hydrogens (tertiary/aromatic N) is 1. The lowest BCUT2D eigenvalue weighted by Crippen LogP contribution is -2.77. The first-order valence-electron chi connectivity index (χ1n) is 15.1. The molecule has 0 bridgehead atoms. The summed E-state index contributed by atoms with van der Waals surface area (Å²) >= 11 is 0. The minimum absolute atomic E-state index is 0.0398. The maximum Gasteiger partial charge on any atom is 0.334 e. The molecule has 2 spiro atoms. The molecule has 9 rings (SSSR count). The fraction of sp³-hybridized carbons (Fsp3) is 0.688. The summed E-state index contributed by atoms with van der Waals surface area (Å²) in [6, 6.07) is 5.99. The SMILES string of the molecule is CC(C)[C@]12O[C@H]1[C@@H]1O[C@]13[C@]1(O[C@H]1C[C@H]1C4=C(CC[C@@]13C)C(=O)OC4)[C@]2(O)CNc1ccc2c(c1)C(C)(C)C(=O)N2C. The smallest absolute Gasteiger partial charge is 0.334 e. The number of rotatable bonds is 4. The topological polar surface area (TPSA) is 116 Å². The van der Waals surface area contributed by atoms with Crippen LogP contribution in [0.25, 0.3) is 0 Å². The van der Waals surface area contributed by atoms with Gasteiger partial charge < -0.3 is 34.3 Å². The van der Waals surface area contributed by atoms with Crippen LogP contribution in [-0.4, -0.2) is 77.9 Å². The van der Waals surface area contributed by atoms with Crippen LogP contribution in [-0.2, 0) is 34.0 Å². The summed E-state index contributed by atoms with van der Waals surface area (Å²) in [4.78, 5) is 27.1. The number of epoxide rings is 3. The molecule has 8 aliphatic rings.